The van der Waals surface area contributed by atoms with Crippen molar-refractivity contribution in [2.75, 3.05) is 19.7 Å². The molecular weight excluding hydrogens is 360 g/mol. The molecule has 1 aromatic carbocycles. The lowest BCUT2D eigenvalue weighted by molar-refractivity contribution is 0.160. The Balaban J connectivity index is 1.81. The first-order valence-electron chi connectivity index (χ1n) is 6.90. The third-order valence-electron chi connectivity index (χ3n) is 4.03. The minimum atomic E-state index is -0.962. The predicted molar refractivity (Wildman–Crippen MR) is 83.1 cm³/mol. The van der Waals surface area contributed by atoms with E-state index in [1.807, 2.05) is 12.1 Å². The summed E-state index contributed by atoms with van der Waals surface area (Å²) in [4.78, 5) is 13.0. The molecule has 2 aliphatic heterocycles. The molecule has 2 N–H and O–H groups in total. The van der Waals surface area contributed by atoms with Crippen LogP contribution in [-0.2, 0) is 0 Å². The normalized spacial score (nSPS) is 25.2. The number of ether oxygens (including phenoxy) is 1. The number of hydrogen-bond donors (Lipinski definition) is 2. The summed E-state index contributed by atoms with van der Waals surface area (Å²) < 4.78 is 6.62. The Bertz CT molecular complexity index is 569. The molecule has 0 radical (unpaired) electrons. The molecule has 114 valence electrons. The number of rotatable bonds is 2. The molecular formula is C14H16BrClN2O3. The quantitative estimate of drug-likeness (QED) is 0.833. The highest BCUT2D eigenvalue weighted by atomic mass is 79.9. The molecule has 1 aromatic rings. The predicted octanol–water partition coefficient (Wildman–Crippen LogP) is 3.27. The van der Waals surface area contributed by atoms with Crippen molar-refractivity contribution in [1.29, 1.82) is 0 Å². The smallest absolute Gasteiger partial charge is 0.404 e. The van der Waals surface area contributed by atoms with Gasteiger partial charge >= 0.3 is 6.09 Å². The molecule has 21 heavy (non-hydrogen) atoms. The molecule has 0 aliphatic carbocycles. The second kappa shape index (κ2) is 6.02. The van der Waals surface area contributed by atoms with Crippen molar-refractivity contribution >= 4 is 33.6 Å². The van der Waals surface area contributed by atoms with Crippen molar-refractivity contribution < 1.29 is 14.6 Å². The number of nitrogens with zero attached hydrogens (tertiary/aromatic N) is 1. The van der Waals surface area contributed by atoms with Crippen LogP contribution < -0.4 is 10.1 Å². The Kier molecular flexibility index (Phi) is 4.28. The van der Waals surface area contributed by atoms with Gasteiger partial charge in [-0.15, -0.1) is 0 Å². The van der Waals surface area contributed by atoms with E-state index in [0.29, 0.717) is 18.2 Å². The zero-order chi connectivity index (χ0) is 15.0. The van der Waals surface area contributed by atoms with Crippen LogP contribution in [0.4, 0.5) is 4.79 Å². The van der Waals surface area contributed by atoms with Crippen molar-refractivity contribution in [3.8, 4) is 5.75 Å². The van der Waals surface area contributed by atoms with Crippen molar-refractivity contribution in [3.05, 3.63) is 27.2 Å². The second-order valence-corrected chi connectivity index (χ2v) is 6.71. The zero-order valence-corrected chi connectivity index (χ0v) is 13.7. The van der Waals surface area contributed by atoms with E-state index < -0.39 is 6.09 Å². The fraction of sp³-hybridized carbons (Fsp3) is 0.500. The molecule has 0 spiro atoms. The lowest BCUT2D eigenvalue weighted by atomic mass is 9.99. The Morgan fingerprint density at radius 3 is 3.05 bits per heavy atom. The van der Waals surface area contributed by atoms with Gasteiger partial charge in [-0.2, -0.15) is 0 Å². The van der Waals surface area contributed by atoms with Crippen LogP contribution >= 0.6 is 27.5 Å². The summed E-state index contributed by atoms with van der Waals surface area (Å²) in [6, 6.07) is 4.00. The lowest BCUT2D eigenvalue weighted by Crippen LogP contribution is -2.38. The van der Waals surface area contributed by atoms with Crippen LogP contribution in [-0.4, -0.2) is 41.8 Å². The van der Waals surface area contributed by atoms with Gasteiger partial charge in [-0.25, -0.2) is 4.79 Å². The minimum absolute atomic E-state index is 0.0111. The minimum Gasteiger partial charge on any atom is -0.493 e. The van der Waals surface area contributed by atoms with E-state index in [2.05, 4.69) is 26.1 Å². The molecule has 1 fully saturated rings. The van der Waals surface area contributed by atoms with Crippen LogP contribution in [0, 0.1) is 0 Å². The average molecular weight is 376 g/mol. The monoisotopic (exact) mass is 374 g/mol. The Morgan fingerprint density at radius 2 is 2.29 bits per heavy atom. The number of fused-ring (bicyclic) bond motifs is 1. The molecule has 3 rings (SSSR count). The van der Waals surface area contributed by atoms with Crippen molar-refractivity contribution in [3.63, 3.8) is 0 Å². The van der Waals surface area contributed by atoms with Gasteiger partial charge < -0.3 is 15.2 Å². The van der Waals surface area contributed by atoms with Gasteiger partial charge in [0.1, 0.15) is 5.75 Å². The first kappa shape index (κ1) is 14.9. The molecule has 2 atom stereocenters. The largest absolute Gasteiger partial charge is 0.493 e. The summed E-state index contributed by atoms with van der Waals surface area (Å²) in [6.07, 6.45) is 0.734. The van der Waals surface area contributed by atoms with Crippen molar-refractivity contribution in [2.24, 2.45) is 0 Å². The van der Waals surface area contributed by atoms with E-state index in [1.165, 1.54) is 0 Å². The fourth-order valence-corrected chi connectivity index (χ4v) is 4.06. The van der Waals surface area contributed by atoms with Gasteiger partial charge in [-0.05, 0) is 18.6 Å². The SMILES string of the molecule is O=C(O)NC1CCN([C@@H]2CCOc3cc(Br)cc(Cl)c32)C1. The molecule has 0 aromatic heterocycles. The van der Waals surface area contributed by atoms with E-state index >= 15 is 0 Å². The molecule has 5 nitrogen and oxygen atoms in total. The number of carbonyl (C=O) groups is 1. The highest BCUT2D eigenvalue weighted by Gasteiger charge is 2.34. The van der Waals surface area contributed by atoms with Gasteiger partial charge in [0.15, 0.2) is 0 Å². The second-order valence-electron chi connectivity index (χ2n) is 5.38. The Labute approximate surface area is 136 Å². The van der Waals surface area contributed by atoms with Gasteiger partial charge in [-0.3, -0.25) is 4.90 Å². The number of amides is 1. The molecule has 2 heterocycles. The molecule has 1 unspecified atom stereocenters. The number of nitrogens with one attached hydrogen (secondary N) is 1. The van der Waals surface area contributed by atoms with Crippen LogP contribution in [0.5, 0.6) is 5.75 Å². The summed E-state index contributed by atoms with van der Waals surface area (Å²) >= 11 is 9.82. The van der Waals surface area contributed by atoms with E-state index in [0.717, 1.165) is 35.2 Å². The maximum atomic E-state index is 10.8. The standard InChI is InChI=1S/C14H16BrClN2O3/c15-8-5-10(16)13-11(2-4-21-12(13)6-8)18-3-1-9(7-18)17-14(19)20/h5-6,9,11,17H,1-4,7H2,(H,19,20)/t9?,11-/m1/s1. The fourth-order valence-electron chi connectivity index (χ4n) is 3.16. The summed E-state index contributed by atoms with van der Waals surface area (Å²) in [6.45, 7) is 2.22. The van der Waals surface area contributed by atoms with Crippen LogP contribution in [0.1, 0.15) is 24.4 Å². The highest BCUT2D eigenvalue weighted by Crippen LogP contribution is 2.43. The number of halogens is 2. The molecule has 7 heteroatoms. The number of hydrogen-bond acceptors (Lipinski definition) is 3. The van der Waals surface area contributed by atoms with Gasteiger partial charge in [-0.1, -0.05) is 27.5 Å². The van der Waals surface area contributed by atoms with Crippen LogP contribution in [0.2, 0.25) is 5.02 Å². The van der Waals surface area contributed by atoms with E-state index in [-0.39, 0.29) is 12.1 Å². The number of carboxylic acid groups (broad SMARTS) is 1. The van der Waals surface area contributed by atoms with E-state index in [1.54, 1.807) is 0 Å². The zero-order valence-electron chi connectivity index (χ0n) is 11.3. The van der Waals surface area contributed by atoms with E-state index in [9.17, 15) is 4.79 Å². The average Bonchev–Trinajstić information content (AvgIpc) is 2.85. The Hall–Kier alpha value is -0.980. The van der Waals surface area contributed by atoms with Crippen LogP contribution in [0.15, 0.2) is 16.6 Å². The number of likely N-dealkylation sites (tertiary alicyclic amines) is 1. The van der Waals surface area contributed by atoms with Crippen LogP contribution in [0.3, 0.4) is 0 Å². The third kappa shape index (κ3) is 3.12. The number of benzene rings is 1. The molecule has 1 amide bonds. The Morgan fingerprint density at radius 1 is 1.48 bits per heavy atom. The maximum absolute atomic E-state index is 10.8. The first-order chi connectivity index (χ1) is 10.0. The summed E-state index contributed by atoms with van der Waals surface area (Å²) in [5, 5.41) is 12.1. The van der Waals surface area contributed by atoms with Crippen LogP contribution in [0.25, 0.3) is 0 Å². The maximum Gasteiger partial charge on any atom is 0.404 e. The van der Waals surface area contributed by atoms with E-state index in [4.69, 9.17) is 21.4 Å². The molecule has 1 saturated heterocycles. The molecule has 0 saturated carbocycles. The van der Waals surface area contributed by atoms with Gasteiger partial charge in [0.25, 0.3) is 0 Å². The summed E-state index contributed by atoms with van der Waals surface area (Å²) in [7, 11) is 0. The third-order valence-corrected chi connectivity index (χ3v) is 4.80. The first-order valence-corrected chi connectivity index (χ1v) is 8.07. The highest BCUT2D eigenvalue weighted by molar-refractivity contribution is 9.10. The van der Waals surface area contributed by atoms with Gasteiger partial charge in [0.05, 0.1) is 11.6 Å². The summed E-state index contributed by atoms with van der Waals surface area (Å²) in [5.74, 6) is 0.820. The topological polar surface area (TPSA) is 61.8 Å². The molecule has 2 aliphatic rings. The summed E-state index contributed by atoms with van der Waals surface area (Å²) in [5.41, 5.74) is 1.02. The molecule has 0 bridgehead atoms. The van der Waals surface area contributed by atoms with Gasteiger partial charge in [0, 0.05) is 41.6 Å². The van der Waals surface area contributed by atoms with Crippen molar-refractivity contribution in [2.45, 2.75) is 24.9 Å². The van der Waals surface area contributed by atoms with Crippen molar-refractivity contribution in [1.82, 2.24) is 10.2 Å². The van der Waals surface area contributed by atoms with Gasteiger partial charge in [0.2, 0.25) is 0 Å². The lowest BCUT2D eigenvalue weighted by Gasteiger charge is -2.34.